The first-order chi connectivity index (χ1) is 17.8. The van der Waals surface area contributed by atoms with E-state index in [0.29, 0.717) is 24.0 Å². The first-order valence-electron chi connectivity index (χ1n) is 14.5. The van der Waals surface area contributed by atoms with Crippen LogP contribution >= 0.6 is 0 Å². The fourth-order valence-corrected chi connectivity index (χ4v) is 7.58. The third-order valence-electron chi connectivity index (χ3n) is 9.44. The summed E-state index contributed by atoms with van der Waals surface area (Å²) >= 11 is 0. The molecule has 0 saturated heterocycles. The minimum atomic E-state index is 0.370. The van der Waals surface area contributed by atoms with E-state index in [9.17, 15) is 0 Å². The molecule has 186 valence electrons. The van der Waals surface area contributed by atoms with E-state index in [0.717, 1.165) is 18.9 Å². The van der Waals surface area contributed by atoms with Gasteiger partial charge in [-0.1, -0.05) is 61.1 Å². The minimum absolute atomic E-state index is 0.370. The maximum atomic E-state index is 4.62. The van der Waals surface area contributed by atoms with E-state index in [1.165, 1.54) is 86.0 Å². The lowest BCUT2D eigenvalue weighted by Crippen LogP contribution is -2.45. The number of benzene rings is 1. The van der Waals surface area contributed by atoms with Crippen LogP contribution in [0.4, 0.5) is 5.69 Å². The van der Waals surface area contributed by atoms with E-state index < -0.39 is 0 Å². The minimum Gasteiger partial charge on any atom is -0.341 e. The normalized spacial score (nSPS) is 33.1. The molecule has 1 N–H and O–H groups in total. The quantitative estimate of drug-likeness (QED) is 0.487. The first kappa shape index (κ1) is 22.5. The number of nitrogens with one attached hydrogen (secondary N) is 1. The molecule has 1 fully saturated rings. The summed E-state index contributed by atoms with van der Waals surface area (Å²) in [5.74, 6) is 1.15. The van der Waals surface area contributed by atoms with Gasteiger partial charge in [0.05, 0.1) is 0 Å². The zero-order valence-corrected chi connectivity index (χ0v) is 21.4. The van der Waals surface area contributed by atoms with Crippen molar-refractivity contribution in [2.24, 2.45) is 10.9 Å². The summed E-state index contributed by atoms with van der Waals surface area (Å²) in [7, 11) is 0. The molecule has 0 radical (unpaired) electrons. The zero-order valence-electron chi connectivity index (χ0n) is 21.4. The second-order valence-electron chi connectivity index (χ2n) is 11.6. The molecule has 2 heterocycles. The van der Waals surface area contributed by atoms with Crippen molar-refractivity contribution >= 4 is 11.4 Å². The van der Waals surface area contributed by atoms with Gasteiger partial charge in [-0.15, -0.1) is 0 Å². The number of hydrogen-bond donors (Lipinski definition) is 1. The fourth-order valence-electron chi connectivity index (χ4n) is 7.58. The topological polar surface area (TPSA) is 27.6 Å². The molecule has 5 unspecified atom stereocenters. The van der Waals surface area contributed by atoms with Crippen LogP contribution in [0.25, 0.3) is 0 Å². The van der Waals surface area contributed by atoms with E-state index in [1.54, 1.807) is 5.57 Å². The van der Waals surface area contributed by atoms with Gasteiger partial charge in [0.15, 0.2) is 0 Å². The molecular weight excluding hydrogens is 438 g/mol. The van der Waals surface area contributed by atoms with Gasteiger partial charge >= 0.3 is 0 Å². The maximum absolute atomic E-state index is 4.62. The Morgan fingerprint density at radius 1 is 1.00 bits per heavy atom. The third-order valence-corrected chi connectivity index (χ3v) is 9.44. The Balaban J connectivity index is 1.11. The molecule has 6 aliphatic rings. The molecule has 0 spiro atoms. The molecule has 1 aromatic rings. The summed E-state index contributed by atoms with van der Waals surface area (Å²) in [4.78, 5) is 7.32. The second kappa shape index (κ2) is 9.67. The van der Waals surface area contributed by atoms with Crippen LogP contribution < -0.4 is 10.2 Å². The fraction of sp³-hybridized carbons (Fsp3) is 0.485. The van der Waals surface area contributed by atoms with Crippen LogP contribution in [0.3, 0.4) is 0 Å². The SMILES string of the molecule is C1=CC(NC2CCCC(C3=CCCC=C3)C2)C2C(=C1)N(C1CC=C(C3=NCC3)CC1)c1ccccc12. The third kappa shape index (κ3) is 4.06. The standard InChI is InChI=1S/C33H39N3/c1-2-8-23(9-3-1)25-10-6-11-26(22-25)35-30-13-7-15-32-33(30)28-12-4-5-14-31(28)36(32)27-18-16-24(17-19-27)29-20-21-34-29/h2,4-5,7-9,12-16,25-27,30,33,35H,1,3,6,10-11,17-22H2. The van der Waals surface area contributed by atoms with Gasteiger partial charge in [-0.3, -0.25) is 4.99 Å². The predicted octanol–water partition coefficient (Wildman–Crippen LogP) is 7.16. The molecular formula is C33H39N3. The van der Waals surface area contributed by atoms with Gasteiger partial charge in [0.2, 0.25) is 0 Å². The Morgan fingerprint density at radius 3 is 2.75 bits per heavy atom. The number of aliphatic imine (C=N–C) groups is 1. The Labute approximate surface area is 216 Å². The molecule has 2 aliphatic heterocycles. The van der Waals surface area contributed by atoms with Gasteiger partial charge in [0.25, 0.3) is 0 Å². The summed E-state index contributed by atoms with van der Waals surface area (Å²) in [6, 6.07) is 10.7. The second-order valence-corrected chi connectivity index (χ2v) is 11.6. The number of para-hydroxylation sites is 1. The van der Waals surface area contributed by atoms with E-state index in [-0.39, 0.29) is 0 Å². The van der Waals surface area contributed by atoms with Gasteiger partial charge in [-0.05, 0) is 86.1 Å². The zero-order chi connectivity index (χ0) is 23.9. The lowest BCUT2D eigenvalue weighted by atomic mass is 9.78. The van der Waals surface area contributed by atoms with Crippen LogP contribution in [0, 0.1) is 5.92 Å². The first-order valence-corrected chi connectivity index (χ1v) is 14.5. The number of rotatable bonds is 5. The van der Waals surface area contributed by atoms with Crippen molar-refractivity contribution in [3.63, 3.8) is 0 Å². The Morgan fingerprint density at radius 2 is 1.94 bits per heavy atom. The molecule has 1 aromatic carbocycles. The van der Waals surface area contributed by atoms with Crippen molar-refractivity contribution in [1.82, 2.24) is 5.32 Å². The van der Waals surface area contributed by atoms with Crippen LogP contribution in [-0.4, -0.2) is 30.4 Å². The number of nitrogens with zero attached hydrogens (tertiary/aromatic N) is 2. The van der Waals surface area contributed by atoms with Crippen LogP contribution in [0.15, 0.2) is 88.6 Å². The van der Waals surface area contributed by atoms with Crippen LogP contribution in [-0.2, 0) is 0 Å². The molecule has 4 aliphatic carbocycles. The summed E-state index contributed by atoms with van der Waals surface area (Å²) in [5, 5.41) is 4.17. The van der Waals surface area contributed by atoms with Crippen molar-refractivity contribution in [1.29, 1.82) is 0 Å². The van der Waals surface area contributed by atoms with Gasteiger partial charge < -0.3 is 10.2 Å². The number of allylic oxidation sites excluding steroid dienone is 7. The molecule has 3 heteroatoms. The molecule has 36 heavy (non-hydrogen) atoms. The van der Waals surface area contributed by atoms with Crippen molar-refractivity contribution < 1.29 is 0 Å². The highest BCUT2D eigenvalue weighted by Crippen LogP contribution is 2.50. The molecule has 0 amide bonds. The van der Waals surface area contributed by atoms with Crippen molar-refractivity contribution in [2.45, 2.75) is 88.3 Å². The van der Waals surface area contributed by atoms with Crippen molar-refractivity contribution in [3.05, 3.63) is 89.2 Å². The lowest BCUT2D eigenvalue weighted by Gasteiger charge is -2.38. The van der Waals surface area contributed by atoms with E-state index in [1.807, 2.05) is 0 Å². The Bertz CT molecular complexity index is 1200. The molecule has 0 aromatic heterocycles. The Kier molecular flexibility index (Phi) is 6.05. The van der Waals surface area contributed by atoms with E-state index in [2.05, 4.69) is 82.0 Å². The van der Waals surface area contributed by atoms with Gasteiger partial charge in [0, 0.05) is 54.1 Å². The molecule has 0 bridgehead atoms. The number of hydrogen-bond acceptors (Lipinski definition) is 3. The van der Waals surface area contributed by atoms with Gasteiger partial charge in [0.1, 0.15) is 0 Å². The maximum Gasteiger partial charge on any atom is 0.0453 e. The number of anilines is 1. The summed E-state index contributed by atoms with van der Waals surface area (Å²) in [6.07, 6.45) is 29.3. The van der Waals surface area contributed by atoms with Crippen molar-refractivity contribution in [2.75, 3.05) is 11.4 Å². The average Bonchev–Trinajstić information content (AvgIpc) is 3.24. The number of fused-ring (bicyclic) bond motifs is 3. The summed E-state index contributed by atoms with van der Waals surface area (Å²) < 4.78 is 0. The highest BCUT2D eigenvalue weighted by molar-refractivity contribution is 6.03. The monoisotopic (exact) mass is 477 g/mol. The van der Waals surface area contributed by atoms with Gasteiger partial charge in [-0.2, -0.15) is 0 Å². The highest BCUT2D eigenvalue weighted by atomic mass is 15.2. The smallest absolute Gasteiger partial charge is 0.0453 e. The average molecular weight is 478 g/mol. The Hall–Kier alpha value is -2.65. The van der Waals surface area contributed by atoms with Crippen molar-refractivity contribution in [3.8, 4) is 0 Å². The lowest BCUT2D eigenvalue weighted by molar-refractivity contribution is 0.297. The molecule has 1 saturated carbocycles. The summed E-state index contributed by atoms with van der Waals surface area (Å²) in [6.45, 7) is 1.03. The predicted molar refractivity (Wildman–Crippen MR) is 151 cm³/mol. The largest absolute Gasteiger partial charge is 0.341 e. The highest BCUT2D eigenvalue weighted by Gasteiger charge is 2.42. The molecule has 3 nitrogen and oxygen atoms in total. The van der Waals surface area contributed by atoms with E-state index >= 15 is 0 Å². The summed E-state index contributed by atoms with van der Waals surface area (Å²) in [5.41, 5.74) is 8.95. The van der Waals surface area contributed by atoms with Crippen LogP contribution in [0.2, 0.25) is 0 Å². The molecule has 7 rings (SSSR count). The van der Waals surface area contributed by atoms with Crippen LogP contribution in [0.1, 0.15) is 75.7 Å². The molecule has 5 atom stereocenters. The van der Waals surface area contributed by atoms with Crippen LogP contribution in [0.5, 0.6) is 0 Å². The van der Waals surface area contributed by atoms with Gasteiger partial charge in [-0.25, -0.2) is 0 Å². The van der Waals surface area contributed by atoms with E-state index in [4.69, 9.17) is 0 Å².